The van der Waals surface area contributed by atoms with Crippen LogP contribution in [0.15, 0.2) is 48.5 Å². The van der Waals surface area contributed by atoms with Gasteiger partial charge in [-0.3, -0.25) is 9.69 Å². The molecule has 0 bridgehead atoms. The smallest absolute Gasteiger partial charge is 0.414 e. The van der Waals surface area contributed by atoms with Gasteiger partial charge in [0.25, 0.3) is 0 Å². The van der Waals surface area contributed by atoms with Gasteiger partial charge in [-0.05, 0) is 56.1 Å². The van der Waals surface area contributed by atoms with Gasteiger partial charge in [0.05, 0.1) is 13.2 Å². The van der Waals surface area contributed by atoms with Gasteiger partial charge < -0.3 is 30.1 Å². The van der Waals surface area contributed by atoms with Crippen LogP contribution in [0.5, 0.6) is 11.5 Å². The summed E-state index contributed by atoms with van der Waals surface area (Å²) in [6.07, 6.45) is 1.62. The lowest BCUT2D eigenvalue weighted by Gasteiger charge is -2.34. The van der Waals surface area contributed by atoms with Gasteiger partial charge in [0.15, 0.2) is 11.5 Å². The molecule has 0 saturated carbocycles. The third-order valence-corrected chi connectivity index (χ3v) is 5.75. The van der Waals surface area contributed by atoms with E-state index < -0.39 is 11.9 Å². The molecular formula is C26H34N2O8. The van der Waals surface area contributed by atoms with Crippen molar-refractivity contribution in [2.75, 3.05) is 32.8 Å². The molecule has 0 aromatic heterocycles. The molecule has 1 fully saturated rings. The van der Waals surface area contributed by atoms with Crippen LogP contribution in [0.2, 0.25) is 0 Å². The minimum Gasteiger partial charge on any atom is -0.504 e. The van der Waals surface area contributed by atoms with Crippen LogP contribution in [0, 0.1) is 5.92 Å². The van der Waals surface area contributed by atoms with Gasteiger partial charge in [0.1, 0.15) is 0 Å². The third kappa shape index (κ3) is 9.20. The second-order valence-corrected chi connectivity index (χ2v) is 8.36. The number of amides is 1. The summed E-state index contributed by atoms with van der Waals surface area (Å²) in [4.78, 5) is 35.4. The number of aliphatic carboxylic acids is 2. The summed E-state index contributed by atoms with van der Waals surface area (Å²) in [7, 11) is 0. The Bertz CT molecular complexity index is 979. The van der Waals surface area contributed by atoms with Crippen molar-refractivity contribution >= 4 is 17.8 Å². The van der Waals surface area contributed by atoms with E-state index in [0.29, 0.717) is 25.4 Å². The Balaban J connectivity index is 0.000000678. The van der Waals surface area contributed by atoms with Crippen molar-refractivity contribution in [1.82, 2.24) is 9.80 Å². The van der Waals surface area contributed by atoms with Crippen molar-refractivity contribution in [1.29, 1.82) is 0 Å². The monoisotopic (exact) mass is 502 g/mol. The first-order chi connectivity index (χ1) is 17.2. The van der Waals surface area contributed by atoms with Crippen LogP contribution >= 0.6 is 0 Å². The van der Waals surface area contributed by atoms with E-state index >= 15 is 0 Å². The number of aliphatic hydroxyl groups is 1. The number of benzene rings is 2. The van der Waals surface area contributed by atoms with Crippen molar-refractivity contribution in [2.24, 2.45) is 5.92 Å². The van der Waals surface area contributed by atoms with E-state index in [2.05, 4.69) is 4.90 Å². The maximum atomic E-state index is 13.1. The number of likely N-dealkylation sites (tertiary alicyclic amines) is 1. The molecule has 1 aliphatic rings. The highest BCUT2D eigenvalue weighted by molar-refractivity contribution is 6.27. The van der Waals surface area contributed by atoms with Crippen LogP contribution < -0.4 is 4.74 Å². The van der Waals surface area contributed by atoms with Crippen molar-refractivity contribution in [3.05, 3.63) is 59.7 Å². The number of carboxylic acids is 2. The number of hydrogen-bond acceptors (Lipinski definition) is 7. The van der Waals surface area contributed by atoms with Gasteiger partial charge >= 0.3 is 11.9 Å². The van der Waals surface area contributed by atoms with Crippen molar-refractivity contribution in [3.8, 4) is 11.5 Å². The number of rotatable bonds is 9. The molecule has 2 aromatic carbocycles. The van der Waals surface area contributed by atoms with E-state index in [4.69, 9.17) is 24.5 Å². The van der Waals surface area contributed by atoms with E-state index in [1.807, 2.05) is 49.4 Å². The SMILES string of the molecule is CCOc1cc(CN2CCC(C(=O)N(CCO)Cc3ccccc3)CC2)ccc1O.O=C(O)C(=O)O. The van der Waals surface area contributed by atoms with Crippen LogP contribution in [0.1, 0.15) is 30.9 Å². The maximum absolute atomic E-state index is 13.1. The van der Waals surface area contributed by atoms with Gasteiger partial charge in [-0.25, -0.2) is 9.59 Å². The number of aromatic hydroxyl groups is 1. The zero-order valence-electron chi connectivity index (χ0n) is 20.4. The largest absolute Gasteiger partial charge is 0.504 e. The highest BCUT2D eigenvalue weighted by atomic mass is 16.5. The summed E-state index contributed by atoms with van der Waals surface area (Å²) in [5.41, 5.74) is 2.17. The molecule has 3 rings (SSSR count). The van der Waals surface area contributed by atoms with Crippen molar-refractivity contribution in [3.63, 3.8) is 0 Å². The first-order valence-electron chi connectivity index (χ1n) is 11.8. The molecule has 10 nitrogen and oxygen atoms in total. The average Bonchev–Trinajstić information content (AvgIpc) is 2.87. The zero-order valence-corrected chi connectivity index (χ0v) is 20.4. The molecule has 1 saturated heterocycles. The molecule has 0 unspecified atom stereocenters. The molecule has 4 N–H and O–H groups in total. The number of carbonyl (C=O) groups excluding carboxylic acids is 1. The second-order valence-electron chi connectivity index (χ2n) is 8.36. The Kier molecular flexibility index (Phi) is 11.7. The summed E-state index contributed by atoms with van der Waals surface area (Å²) >= 11 is 0. The number of phenols is 1. The Labute approximate surface area is 210 Å². The molecule has 1 aliphatic heterocycles. The number of carboxylic acid groups (broad SMARTS) is 2. The van der Waals surface area contributed by atoms with Crippen LogP contribution in [-0.2, 0) is 27.5 Å². The third-order valence-electron chi connectivity index (χ3n) is 5.75. The number of phenolic OH excluding ortho intramolecular Hbond substituents is 1. The number of ether oxygens (including phenoxy) is 1. The molecule has 0 spiro atoms. The summed E-state index contributed by atoms with van der Waals surface area (Å²) in [6.45, 7) is 5.74. The van der Waals surface area contributed by atoms with Crippen molar-refractivity contribution in [2.45, 2.75) is 32.9 Å². The zero-order chi connectivity index (χ0) is 26.5. The van der Waals surface area contributed by atoms with E-state index in [-0.39, 0.29) is 24.2 Å². The number of hydrogen-bond donors (Lipinski definition) is 4. The predicted molar refractivity (Wildman–Crippen MR) is 131 cm³/mol. The highest BCUT2D eigenvalue weighted by Crippen LogP contribution is 2.28. The molecule has 2 aromatic rings. The standard InChI is InChI=1S/C24H32N2O4.C2H2O4/c1-2-30-23-16-20(8-9-22(23)28)17-25-12-10-21(11-13-25)24(29)26(14-15-27)18-19-6-4-3-5-7-19;3-1(4)2(5)6/h3-9,16,21,27-28H,2,10-15,17-18H2,1H3;(H,3,4)(H,5,6). The molecular weight excluding hydrogens is 468 g/mol. The van der Waals surface area contributed by atoms with Crippen LogP contribution in [0.3, 0.4) is 0 Å². The maximum Gasteiger partial charge on any atom is 0.414 e. The van der Waals surface area contributed by atoms with E-state index in [1.54, 1.807) is 11.0 Å². The minimum atomic E-state index is -1.82. The summed E-state index contributed by atoms with van der Waals surface area (Å²) in [6, 6.07) is 15.4. The summed E-state index contributed by atoms with van der Waals surface area (Å²) < 4.78 is 5.47. The Morgan fingerprint density at radius 3 is 2.19 bits per heavy atom. The van der Waals surface area contributed by atoms with E-state index in [9.17, 15) is 15.0 Å². The fourth-order valence-electron chi connectivity index (χ4n) is 3.97. The molecule has 0 atom stereocenters. The molecule has 1 heterocycles. The Hall–Kier alpha value is -3.63. The van der Waals surface area contributed by atoms with Gasteiger partial charge in [0, 0.05) is 25.6 Å². The fraction of sp³-hybridized carbons (Fsp3) is 0.423. The van der Waals surface area contributed by atoms with Crippen LogP contribution in [0.4, 0.5) is 0 Å². The van der Waals surface area contributed by atoms with E-state index in [0.717, 1.165) is 43.6 Å². The minimum absolute atomic E-state index is 0.00434. The molecule has 0 aliphatic carbocycles. The number of piperidine rings is 1. The van der Waals surface area contributed by atoms with Crippen molar-refractivity contribution < 1.29 is 39.5 Å². The number of nitrogens with zero attached hydrogens (tertiary/aromatic N) is 2. The lowest BCUT2D eigenvalue weighted by atomic mass is 9.94. The first-order valence-corrected chi connectivity index (χ1v) is 11.8. The van der Waals surface area contributed by atoms with Crippen LogP contribution in [0.25, 0.3) is 0 Å². The molecule has 36 heavy (non-hydrogen) atoms. The van der Waals surface area contributed by atoms with Gasteiger partial charge in [-0.15, -0.1) is 0 Å². The van der Waals surface area contributed by atoms with Gasteiger partial charge in [-0.2, -0.15) is 0 Å². The highest BCUT2D eigenvalue weighted by Gasteiger charge is 2.28. The lowest BCUT2D eigenvalue weighted by Crippen LogP contribution is -2.43. The average molecular weight is 503 g/mol. The second kappa shape index (κ2) is 14.7. The van der Waals surface area contributed by atoms with Crippen LogP contribution in [-0.4, -0.2) is 80.9 Å². The Morgan fingerprint density at radius 2 is 1.64 bits per heavy atom. The normalized spacial score (nSPS) is 13.8. The summed E-state index contributed by atoms with van der Waals surface area (Å²) in [5.74, 6) is -2.84. The molecule has 196 valence electrons. The van der Waals surface area contributed by atoms with E-state index in [1.165, 1.54) is 0 Å². The molecule has 10 heteroatoms. The van der Waals surface area contributed by atoms with Gasteiger partial charge in [-0.1, -0.05) is 36.4 Å². The predicted octanol–water partition coefficient (Wildman–Crippen LogP) is 2.18. The molecule has 1 amide bonds. The quantitative estimate of drug-likeness (QED) is 0.379. The fourth-order valence-corrected chi connectivity index (χ4v) is 3.97. The number of carbonyl (C=O) groups is 3. The first kappa shape index (κ1) is 28.6. The van der Waals surface area contributed by atoms with Gasteiger partial charge in [0.2, 0.25) is 5.91 Å². The lowest BCUT2D eigenvalue weighted by molar-refractivity contribution is -0.159. The Morgan fingerprint density at radius 1 is 1.00 bits per heavy atom. The molecule has 0 radical (unpaired) electrons. The number of aliphatic hydroxyl groups excluding tert-OH is 1. The summed E-state index contributed by atoms with van der Waals surface area (Å²) in [5, 5.41) is 34.1. The topological polar surface area (TPSA) is 148 Å².